The van der Waals surface area contributed by atoms with Crippen molar-refractivity contribution in [1.29, 1.82) is 0 Å². The topological polar surface area (TPSA) is 47.6 Å². The quantitative estimate of drug-likeness (QED) is 0.522. The molecule has 0 aliphatic rings. The van der Waals surface area contributed by atoms with Gasteiger partial charge in [0.05, 0.1) is 6.54 Å². The Balaban J connectivity index is 1.83. The van der Waals surface area contributed by atoms with Crippen molar-refractivity contribution in [3.05, 3.63) is 60.2 Å². The van der Waals surface area contributed by atoms with Gasteiger partial charge < -0.3 is 14.8 Å². The minimum Gasteiger partial charge on any atom is -0.492 e. The molecule has 1 atom stereocenters. The average Bonchev–Trinajstić information content (AvgIpc) is 2.65. The molecule has 0 bridgehead atoms. The molecule has 0 aromatic heterocycles. The lowest BCUT2D eigenvalue weighted by atomic mass is 10.2. The first-order valence-corrected chi connectivity index (χ1v) is 7.92. The predicted octanol–water partition coefficient (Wildman–Crippen LogP) is 4.37. The summed E-state index contributed by atoms with van der Waals surface area (Å²) in [5.74, 6) is -6.17. The maximum absolute atomic E-state index is 13.2. The molecule has 0 saturated carbocycles. The highest BCUT2D eigenvalue weighted by Crippen LogP contribution is 2.40. The van der Waals surface area contributed by atoms with E-state index >= 15 is 0 Å². The molecule has 1 amide bonds. The van der Waals surface area contributed by atoms with E-state index in [1.165, 1.54) is 0 Å². The van der Waals surface area contributed by atoms with Crippen LogP contribution < -0.4 is 14.8 Å². The molecule has 2 aromatic carbocycles. The summed E-state index contributed by atoms with van der Waals surface area (Å²) in [6, 6.07) is 12.9. The van der Waals surface area contributed by atoms with Gasteiger partial charge in [-0.2, -0.15) is 26.3 Å². The van der Waals surface area contributed by atoms with Gasteiger partial charge in [-0.25, -0.2) is 0 Å². The Morgan fingerprint density at radius 3 is 2.11 bits per heavy atom. The summed E-state index contributed by atoms with van der Waals surface area (Å²) in [4.78, 5) is 11.9. The van der Waals surface area contributed by atoms with Crippen LogP contribution in [0.15, 0.2) is 54.6 Å². The van der Waals surface area contributed by atoms with E-state index in [1.807, 2.05) is 6.07 Å². The minimum absolute atomic E-state index is 0.0741. The van der Waals surface area contributed by atoms with Crippen LogP contribution in [0.1, 0.15) is 10.4 Å². The number of ether oxygens (including phenoxy) is 2. The van der Waals surface area contributed by atoms with E-state index in [1.54, 1.807) is 24.3 Å². The third kappa shape index (κ3) is 5.54. The Kier molecular flexibility index (Phi) is 6.76. The maximum Gasteiger partial charge on any atom is 0.460 e. The molecule has 0 spiro atoms. The fraction of sp³-hybridized carbons (Fsp3) is 0.278. The van der Waals surface area contributed by atoms with Crippen LogP contribution in [0.4, 0.5) is 26.3 Å². The molecule has 28 heavy (non-hydrogen) atoms. The van der Waals surface area contributed by atoms with E-state index in [-0.39, 0.29) is 18.7 Å². The number of nitrogens with one attached hydrogen (secondary N) is 1. The number of alkyl halides is 6. The van der Waals surface area contributed by atoms with E-state index in [4.69, 9.17) is 4.74 Å². The predicted molar refractivity (Wildman–Crippen MR) is 87.2 cm³/mol. The normalized spacial score (nSPS) is 12.9. The number of hydrogen-bond donors (Lipinski definition) is 1. The van der Waals surface area contributed by atoms with Crippen LogP contribution in [-0.4, -0.2) is 37.5 Å². The van der Waals surface area contributed by atoms with Crippen LogP contribution in [-0.2, 0) is 0 Å². The molecule has 1 N–H and O–H groups in total. The van der Waals surface area contributed by atoms with Crippen molar-refractivity contribution in [2.75, 3.05) is 13.2 Å². The highest BCUT2D eigenvalue weighted by atomic mass is 19.4. The van der Waals surface area contributed by atoms with Crippen molar-refractivity contribution in [2.45, 2.75) is 18.5 Å². The summed E-state index contributed by atoms with van der Waals surface area (Å²) >= 11 is 0. The summed E-state index contributed by atoms with van der Waals surface area (Å²) in [5.41, 5.74) is 0.0741. The number of carbonyl (C=O) groups excluding carboxylic acids is 1. The standard InChI is InChI=1S/C18H15F6NO3/c19-16(17(20,21)18(22,23)24)28-14-8-6-12(7-9-14)15(26)25-10-11-27-13-4-2-1-3-5-13/h1-9,16H,10-11H2,(H,25,26)/t16-/m0/s1. The van der Waals surface area contributed by atoms with Gasteiger partial charge in [0.2, 0.25) is 0 Å². The largest absolute Gasteiger partial charge is 0.492 e. The minimum atomic E-state index is -6.09. The zero-order valence-corrected chi connectivity index (χ0v) is 14.2. The molecule has 0 heterocycles. The lowest BCUT2D eigenvalue weighted by molar-refractivity contribution is -0.328. The van der Waals surface area contributed by atoms with E-state index < -0.39 is 30.1 Å². The summed E-state index contributed by atoms with van der Waals surface area (Å²) in [7, 11) is 0. The fourth-order valence-electron chi connectivity index (χ4n) is 1.96. The van der Waals surface area contributed by atoms with Crippen molar-refractivity contribution >= 4 is 5.91 Å². The Hall–Kier alpha value is -2.91. The average molecular weight is 407 g/mol. The zero-order valence-electron chi connectivity index (χ0n) is 14.2. The Bertz CT molecular complexity index is 765. The summed E-state index contributed by atoms with van der Waals surface area (Å²) in [6.45, 7) is 0.351. The van der Waals surface area contributed by atoms with E-state index in [9.17, 15) is 31.1 Å². The molecule has 2 rings (SSSR count). The molecule has 0 saturated heterocycles. The second-order valence-electron chi connectivity index (χ2n) is 5.50. The van der Waals surface area contributed by atoms with Crippen molar-refractivity contribution in [2.24, 2.45) is 0 Å². The van der Waals surface area contributed by atoms with Gasteiger partial charge in [-0.3, -0.25) is 4.79 Å². The maximum atomic E-state index is 13.2. The second-order valence-corrected chi connectivity index (χ2v) is 5.50. The van der Waals surface area contributed by atoms with Crippen molar-refractivity contribution < 1.29 is 40.6 Å². The first kappa shape index (κ1) is 21.4. The van der Waals surface area contributed by atoms with Crippen LogP contribution in [0.5, 0.6) is 11.5 Å². The Labute approximate surface area is 156 Å². The van der Waals surface area contributed by atoms with E-state index in [0.717, 1.165) is 24.3 Å². The summed E-state index contributed by atoms with van der Waals surface area (Å²) in [5, 5.41) is 2.53. The molecule has 2 aromatic rings. The first-order chi connectivity index (χ1) is 13.1. The SMILES string of the molecule is O=C(NCCOc1ccccc1)c1ccc(O[C@H](F)C(F)(F)C(F)(F)F)cc1. The highest BCUT2D eigenvalue weighted by molar-refractivity contribution is 5.94. The monoisotopic (exact) mass is 407 g/mol. The molecule has 0 aliphatic heterocycles. The Morgan fingerprint density at radius 2 is 1.54 bits per heavy atom. The van der Waals surface area contributed by atoms with Crippen molar-refractivity contribution in [3.8, 4) is 11.5 Å². The van der Waals surface area contributed by atoms with Gasteiger partial charge in [0.15, 0.2) is 0 Å². The number of carbonyl (C=O) groups is 1. The second kappa shape index (κ2) is 8.85. The van der Waals surface area contributed by atoms with Gasteiger partial charge in [-0.1, -0.05) is 18.2 Å². The van der Waals surface area contributed by atoms with Crippen molar-refractivity contribution in [1.82, 2.24) is 5.32 Å². The molecular formula is C18H15F6NO3. The van der Waals surface area contributed by atoms with Crippen LogP contribution in [0.2, 0.25) is 0 Å². The van der Waals surface area contributed by atoms with Gasteiger partial charge in [-0.15, -0.1) is 0 Å². The fourth-order valence-corrected chi connectivity index (χ4v) is 1.96. The molecule has 4 nitrogen and oxygen atoms in total. The summed E-state index contributed by atoms with van der Waals surface area (Å²) in [6.07, 6.45) is -10.0. The van der Waals surface area contributed by atoms with Crippen LogP contribution in [0.25, 0.3) is 0 Å². The Morgan fingerprint density at radius 1 is 0.929 bits per heavy atom. The third-order valence-electron chi connectivity index (χ3n) is 3.42. The van der Waals surface area contributed by atoms with Crippen LogP contribution >= 0.6 is 0 Å². The molecular weight excluding hydrogens is 392 g/mol. The number of hydrogen-bond acceptors (Lipinski definition) is 3. The van der Waals surface area contributed by atoms with Crippen molar-refractivity contribution in [3.63, 3.8) is 0 Å². The lowest BCUT2D eigenvalue weighted by Gasteiger charge is -2.23. The molecule has 0 aliphatic carbocycles. The third-order valence-corrected chi connectivity index (χ3v) is 3.42. The first-order valence-electron chi connectivity index (χ1n) is 7.92. The number of benzene rings is 2. The molecule has 0 unspecified atom stereocenters. The van der Waals surface area contributed by atoms with Gasteiger partial charge in [-0.05, 0) is 36.4 Å². The van der Waals surface area contributed by atoms with Gasteiger partial charge in [0, 0.05) is 5.56 Å². The van der Waals surface area contributed by atoms with Crippen LogP contribution in [0, 0.1) is 0 Å². The van der Waals surface area contributed by atoms with Gasteiger partial charge >= 0.3 is 18.5 Å². The molecule has 0 radical (unpaired) electrons. The lowest BCUT2D eigenvalue weighted by Crippen LogP contribution is -2.47. The van der Waals surface area contributed by atoms with E-state index in [2.05, 4.69) is 10.1 Å². The molecule has 10 heteroatoms. The molecule has 0 fully saturated rings. The van der Waals surface area contributed by atoms with Gasteiger partial charge in [0.1, 0.15) is 18.1 Å². The summed E-state index contributed by atoms with van der Waals surface area (Å²) < 4.78 is 84.4. The number of halogens is 6. The highest BCUT2D eigenvalue weighted by Gasteiger charge is 2.65. The van der Waals surface area contributed by atoms with Gasteiger partial charge in [0.25, 0.3) is 5.91 Å². The zero-order chi connectivity index (χ0) is 20.8. The number of rotatable bonds is 8. The smallest absolute Gasteiger partial charge is 0.460 e. The van der Waals surface area contributed by atoms with E-state index in [0.29, 0.717) is 5.75 Å². The molecule has 152 valence electrons. The number of amides is 1. The van der Waals surface area contributed by atoms with Crippen LogP contribution in [0.3, 0.4) is 0 Å². The number of para-hydroxylation sites is 1.